The van der Waals surface area contributed by atoms with Crippen LogP contribution in [0.5, 0.6) is 0 Å². The summed E-state index contributed by atoms with van der Waals surface area (Å²) in [5.41, 5.74) is 5.34. The Labute approximate surface area is 111 Å². The van der Waals surface area contributed by atoms with Crippen LogP contribution in [-0.4, -0.2) is 14.2 Å². The van der Waals surface area contributed by atoms with Gasteiger partial charge in [-0.05, 0) is 34.1 Å². The smallest absolute Gasteiger partial charge is 0.0715 e. The molecule has 0 aliphatic rings. The molecule has 0 fully saturated rings. The van der Waals surface area contributed by atoms with E-state index in [0.29, 0.717) is 25.0 Å². The summed E-state index contributed by atoms with van der Waals surface area (Å²) in [6.07, 6.45) is 0. The van der Waals surface area contributed by atoms with E-state index in [4.69, 9.17) is 9.47 Å². The molecule has 18 heavy (non-hydrogen) atoms. The van der Waals surface area contributed by atoms with Crippen molar-refractivity contribution in [1.29, 1.82) is 0 Å². The molecule has 0 spiro atoms. The van der Waals surface area contributed by atoms with Gasteiger partial charge in [-0.25, -0.2) is 0 Å². The SMILES string of the molecule is COCc1cc(COC)c(C(C)C)cc1C(C)C. The number of benzene rings is 1. The maximum atomic E-state index is 5.31. The van der Waals surface area contributed by atoms with Crippen molar-refractivity contribution in [3.63, 3.8) is 0 Å². The van der Waals surface area contributed by atoms with E-state index in [-0.39, 0.29) is 0 Å². The molecule has 0 aliphatic carbocycles. The number of methoxy groups -OCH3 is 2. The first-order valence-corrected chi connectivity index (χ1v) is 6.64. The summed E-state index contributed by atoms with van der Waals surface area (Å²) in [7, 11) is 3.49. The first kappa shape index (κ1) is 15.2. The fourth-order valence-electron chi connectivity index (χ4n) is 2.37. The molecular formula is C16H26O2. The molecule has 0 bridgehead atoms. The summed E-state index contributed by atoms with van der Waals surface area (Å²) in [5.74, 6) is 1.04. The summed E-state index contributed by atoms with van der Waals surface area (Å²) >= 11 is 0. The van der Waals surface area contributed by atoms with E-state index < -0.39 is 0 Å². The lowest BCUT2D eigenvalue weighted by molar-refractivity contribution is 0.178. The van der Waals surface area contributed by atoms with E-state index in [1.807, 2.05) is 0 Å². The molecule has 0 aliphatic heterocycles. The minimum absolute atomic E-state index is 0.518. The molecule has 0 radical (unpaired) electrons. The fraction of sp³-hybridized carbons (Fsp3) is 0.625. The molecule has 0 saturated carbocycles. The summed E-state index contributed by atoms with van der Waals surface area (Å²) in [4.78, 5) is 0. The van der Waals surface area contributed by atoms with Gasteiger partial charge in [-0.2, -0.15) is 0 Å². The second-order valence-corrected chi connectivity index (χ2v) is 5.43. The molecule has 2 heteroatoms. The Morgan fingerprint density at radius 3 is 1.44 bits per heavy atom. The van der Waals surface area contributed by atoms with Crippen LogP contribution in [0.4, 0.5) is 0 Å². The summed E-state index contributed by atoms with van der Waals surface area (Å²) < 4.78 is 10.6. The number of rotatable bonds is 6. The average Bonchev–Trinajstić information content (AvgIpc) is 2.29. The molecule has 0 amide bonds. The normalized spacial score (nSPS) is 11.6. The van der Waals surface area contributed by atoms with E-state index >= 15 is 0 Å². The van der Waals surface area contributed by atoms with Crippen LogP contribution in [0, 0.1) is 0 Å². The van der Waals surface area contributed by atoms with Crippen molar-refractivity contribution in [2.45, 2.75) is 52.7 Å². The van der Waals surface area contributed by atoms with E-state index in [1.165, 1.54) is 22.3 Å². The average molecular weight is 250 g/mol. The van der Waals surface area contributed by atoms with Crippen molar-refractivity contribution in [3.8, 4) is 0 Å². The fourth-order valence-corrected chi connectivity index (χ4v) is 2.37. The molecule has 0 heterocycles. The molecule has 1 rings (SSSR count). The zero-order valence-electron chi connectivity index (χ0n) is 12.5. The van der Waals surface area contributed by atoms with Crippen molar-refractivity contribution < 1.29 is 9.47 Å². The third-order valence-corrected chi connectivity index (χ3v) is 3.24. The van der Waals surface area contributed by atoms with Crippen LogP contribution in [0.1, 0.15) is 61.8 Å². The van der Waals surface area contributed by atoms with Crippen LogP contribution in [-0.2, 0) is 22.7 Å². The van der Waals surface area contributed by atoms with Crippen LogP contribution in [0.15, 0.2) is 12.1 Å². The molecule has 0 unspecified atom stereocenters. The Morgan fingerprint density at radius 1 is 0.778 bits per heavy atom. The maximum Gasteiger partial charge on any atom is 0.0715 e. The summed E-state index contributed by atoms with van der Waals surface area (Å²) in [5, 5.41) is 0. The minimum atomic E-state index is 0.518. The first-order chi connectivity index (χ1) is 8.51. The Bertz CT molecular complexity index is 348. The van der Waals surface area contributed by atoms with Crippen LogP contribution in [0.25, 0.3) is 0 Å². The van der Waals surface area contributed by atoms with Crippen molar-refractivity contribution in [2.75, 3.05) is 14.2 Å². The monoisotopic (exact) mass is 250 g/mol. The quantitative estimate of drug-likeness (QED) is 0.752. The van der Waals surface area contributed by atoms with Gasteiger partial charge >= 0.3 is 0 Å². The van der Waals surface area contributed by atoms with Crippen molar-refractivity contribution in [2.24, 2.45) is 0 Å². The van der Waals surface area contributed by atoms with Crippen molar-refractivity contribution >= 4 is 0 Å². The van der Waals surface area contributed by atoms with E-state index in [2.05, 4.69) is 39.8 Å². The minimum Gasteiger partial charge on any atom is -0.380 e. The summed E-state index contributed by atoms with van der Waals surface area (Å²) in [6.45, 7) is 10.3. The highest BCUT2D eigenvalue weighted by molar-refractivity contribution is 5.41. The van der Waals surface area contributed by atoms with E-state index in [0.717, 1.165) is 0 Å². The highest BCUT2D eigenvalue weighted by atomic mass is 16.5. The lowest BCUT2D eigenvalue weighted by atomic mass is 9.88. The zero-order valence-corrected chi connectivity index (χ0v) is 12.5. The van der Waals surface area contributed by atoms with Gasteiger partial charge in [0.2, 0.25) is 0 Å². The number of ether oxygens (including phenoxy) is 2. The predicted molar refractivity (Wildman–Crippen MR) is 76.0 cm³/mol. The van der Waals surface area contributed by atoms with Gasteiger partial charge in [0, 0.05) is 14.2 Å². The number of hydrogen-bond donors (Lipinski definition) is 0. The van der Waals surface area contributed by atoms with Crippen molar-refractivity contribution in [1.82, 2.24) is 0 Å². The van der Waals surface area contributed by atoms with Crippen LogP contribution >= 0.6 is 0 Å². The molecule has 2 nitrogen and oxygen atoms in total. The van der Waals surface area contributed by atoms with E-state index in [9.17, 15) is 0 Å². The summed E-state index contributed by atoms with van der Waals surface area (Å²) in [6, 6.07) is 4.58. The van der Waals surface area contributed by atoms with Gasteiger partial charge in [-0.1, -0.05) is 39.8 Å². The van der Waals surface area contributed by atoms with Crippen LogP contribution in [0.3, 0.4) is 0 Å². The lowest BCUT2D eigenvalue weighted by Gasteiger charge is -2.20. The first-order valence-electron chi connectivity index (χ1n) is 6.64. The van der Waals surface area contributed by atoms with Gasteiger partial charge in [0.25, 0.3) is 0 Å². The molecule has 1 aromatic rings. The standard InChI is InChI=1S/C16H26O2/c1-11(2)15-8-16(12(3)4)14(10-18-6)7-13(15)9-17-5/h7-8,11-12H,9-10H2,1-6H3. The van der Waals surface area contributed by atoms with Gasteiger partial charge in [0.1, 0.15) is 0 Å². The third-order valence-electron chi connectivity index (χ3n) is 3.24. The third kappa shape index (κ3) is 3.56. The Kier molecular flexibility index (Phi) is 5.83. The topological polar surface area (TPSA) is 18.5 Å². The predicted octanol–water partition coefficient (Wildman–Crippen LogP) is 4.23. The maximum absolute atomic E-state index is 5.31. The Balaban J connectivity index is 3.30. The molecule has 102 valence electrons. The van der Waals surface area contributed by atoms with E-state index in [1.54, 1.807) is 14.2 Å². The molecule has 0 atom stereocenters. The lowest BCUT2D eigenvalue weighted by Crippen LogP contribution is -2.06. The zero-order chi connectivity index (χ0) is 13.7. The second kappa shape index (κ2) is 6.91. The molecule has 0 N–H and O–H groups in total. The van der Waals surface area contributed by atoms with Gasteiger partial charge in [0.05, 0.1) is 13.2 Å². The second-order valence-electron chi connectivity index (χ2n) is 5.43. The Hall–Kier alpha value is -0.860. The molecule has 0 aromatic heterocycles. The highest BCUT2D eigenvalue weighted by Crippen LogP contribution is 2.29. The molecule has 0 saturated heterocycles. The molecular weight excluding hydrogens is 224 g/mol. The van der Waals surface area contributed by atoms with Gasteiger partial charge in [-0.3, -0.25) is 0 Å². The van der Waals surface area contributed by atoms with Gasteiger partial charge in [-0.15, -0.1) is 0 Å². The van der Waals surface area contributed by atoms with Crippen LogP contribution < -0.4 is 0 Å². The molecule has 1 aromatic carbocycles. The number of hydrogen-bond acceptors (Lipinski definition) is 2. The highest BCUT2D eigenvalue weighted by Gasteiger charge is 2.14. The largest absolute Gasteiger partial charge is 0.380 e. The van der Waals surface area contributed by atoms with Gasteiger partial charge in [0.15, 0.2) is 0 Å². The van der Waals surface area contributed by atoms with Crippen molar-refractivity contribution in [3.05, 3.63) is 34.4 Å². The Morgan fingerprint density at radius 2 is 1.17 bits per heavy atom. The van der Waals surface area contributed by atoms with Crippen LogP contribution in [0.2, 0.25) is 0 Å². The van der Waals surface area contributed by atoms with Gasteiger partial charge < -0.3 is 9.47 Å².